The Labute approximate surface area is 150 Å². The number of fused-ring (bicyclic) bond motifs is 1. The average molecular weight is 379 g/mol. The zero-order valence-electron chi connectivity index (χ0n) is 13.3. The molecule has 2 aromatic rings. The van der Waals surface area contributed by atoms with Crippen LogP contribution in [0.5, 0.6) is 0 Å². The van der Waals surface area contributed by atoms with Crippen molar-refractivity contribution in [2.24, 2.45) is 0 Å². The molecule has 3 rings (SSSR count). The number of hydrogen-bond donors (Lipinski definition) is 0. The maximum absolute atomic E-state index is 12.5. The molecule has 2 aromatic carbocycles. The van der Waals surface area contributed by atoms with Gasteiger partial charge < -0.3 is 4.90 Å². The van der Waals surface area contributed by atoms with Gasteiger partial charge in [-0.15, -0.1) is 0 Å². The number of carbonyl (C=O) groups excluding carboxylic acids is 2. The van der Waals surface area contributed by atoms with Gasteiger partial charge in [0.1, 0.15) is 11.4 Å². The minimum absolute atomic E-state index is 0.0645. The van der Waals surface area contributed by atoms with Crippen molar-refractivity contribution in [1.29, 1.82) is 0 Å². The first-order valence-electron chi connectivity index (χ1n) is 7.45. The first kappa shape index (κ1) is 17.4. The number of likely N-dealkylation sites (N-methyl/N-ethyl adjacent to an activating group) is 1. The third kappa shape index (κ3) is 3.25. The van der Waals surface area contributed by atoms with Gasteiger partial charge in [-0.05, 0) is 29.8 Å². The van der Waals surface area contributed by atoms with E-state index in [4.69, 9.17) is 11.6 Å². The number of benzene rings is 2. The second-order valence-corrected chi connectivity index (χ2v) is 7.96. The standard InChI is InChI=1S/C17H15ClN2O4S/c1-19(10-12-5-4-6-13(18)9-12)16(21)11-20-17(22)14-7-2-3-8-15(14)25(20,23)24/h2-9H,10-11H2,1H3. The van der Waals surface area contributed by atoms with E-state index in [0.29, 0.717) is 9.33 Å². The summed E-state index contributed by atoms with van der Waals surface area (Å²) < 4.78 is 25.6. The van der Waals surface area contributed by atoms with Gasteiger partial charge in [-0.2, -0.15) is 0 Å². The molecule has 6 nitrogen and oxygen atoms in total. The summed E-state index contributed by atoms with van der Waals surface area (Å²) in [5, 5.41) is 0.547. The maximum Gasteiger partial charge on any atom is 0.269 e. The maximum atomic E-state index is 12.5. The Hall–Kier alpha value is -2.38. The van der Waals surface area contributed by atoms with Crippen LogP contribution < -0.4 is 0 Å². The fourth-order valence-corrected chi connectivity index (χ4v) is 4.36. The van der Waals surface area contributed by atoms with Crippen LogP contribution in [0.2, 0.25) is 5.02 Å². The summed E-state index contributed by atoms with van der Waals surface area (Å²) in [5.74, 6) is -1.16. The molecule has 0 fully saturated rings. The number of halogens is 1. The van der Waals surface area contributed by atoms with E-state index in [1.54, 1.807) is 37.4 Å². The van der Waals surface area contributed by atoms with Crippen molar-refractivity contribution < 1.29 is 18.0 Å². The lowest BCUT2D eigenvalue weighted by molar-refractivity contribution is -0.130. The lowest BCUT2D eigenvalue weighted by Gasteiger charge is -2.21. The summed E-state index contributed by atoms with van der Waals surface area (Å²) in [4.78, 5) is 26.0. The van der Waals surface area contributed by atoms with Crippen LogP contribution in [0.15, 0.2) is 53.4 Å². The molecule has 0 atom stereocenters. The molecule has 1 heterocycles. The van der Waals surface area contributed by atoms with E-state index in [9.17, 15) is 18.0 Å². The first-order chi connectivity index (χ1) is 11.8. The number of hydrogen-bond acceptors (Lipinski definition) is 4. The minimum Gasteiger partial charge on any atom is -0.340 e. The fraction of sp³-hybridized carbons (Fsp3) is 0.176. The van der Waals surface area contributed by atoms with E-state index < -0.39 is 28.4 Å². The van der Waals surface area contributed by atoms with E-state index in [1.807, 2.05) is 6.07 Å². The molecule has 0 saturated carbocycles. The largest absolute Gasteiger partial charge is 0.340 e. The van der Waals surface area contributed by atoms with Gasteiger partial charge in [0.25, 0.3) is 15.9 Å². The van der Waals surface area contributed by atoms with E-state index >= 15 is 0 Å². The molecule has 1 aliphatic heterocycles. The van der Waals surface area contributed by atoms with Crippen LogP contribution in [0.3, 0.4) is 0 Å². The molecule has 0 saturated heterocycles. The van der Waals surface area contributed by atoms with E-state index in [-0.39, 0.29) is 17.0 Å². The molecule has 0 bridgehead atoms. The molecule has 130 valence electrons. The highest BCUT2D eigenvalue weighted by Gasteiger charge is 2.42. The number of rotatable bonds is 4. The Morgan fingerprint density at radius 2 is 1.88 bits per heavy atom. The third-order valence-corrected chi connectivity index (χ3v) is 5.95. The van der Waals surface area contributed by atoms with Crippen molar-refractivity contribution >= 4 is 33.4 Å². The van der Waals surface area contributed by atoms with Crippen LogP contribution in [0.4, 0.5) is 0 Å². The smallest absolute Gasteiger partial charge is 0.269 e. The first-order valence-corrected chi connectivity index (χ1v) is 9.27. The average Bonchev–Trinajstić information content (AvgIpc) is 2.76. The van der Waals surface area contributed by atoms with Gasteiger partial charge in [0.2, 0.25) is 5.91 Å². The van der Waals surface area contributed by atoms with Crippen LogP contribution >= 0.6 is 11.6 Å². The van der Waals surface area contributed by atoms with Crippen molar-refractivity contribution in [3.8, 4) is 0 Å². The number of carbonyl (C=O) groups is 2. The van der Waals surface area contributed by atoms with Crippen molar-refractivity contribution in [3.63, 3.8) is 0 Å². The highest BCUT2D eigenvalue weighted by atomic mass is 35.5. The predicted molar refractivity (Wildman–Crippen MR) is 92.6 cm³/mol. The molecule has 1 aliphatic rings. The monoisotopic (exact) mass is 378 g/mol. The number of amides is 2. The van der Waals surface area contributed by atoms with Gasteiger partial charge >= 0.3 is 0 Å². The molecule has 2 amide bonds. The van der Waals surface area contributed by atoms with Crippen LogP contribution in [-0.2, 0) is 21.4 Å². The summed E-state index contributed by atoms with van der Waals surface area (Å²) in [6, 6.07) is 12.9. The van der Waals surface area contributed by atoms with E-state index in [2.05, 4.69) is 0 Å². The molecule has 0 radical (unpaired) electrons. The fourth-order valence-electron chi connectivity index (χ4n) is 2.63. The molecule has 0 N–H and O–H groups in total. The quantitative estimate of drug-likeness (QED) is 0.817. The van der Waals surface area contributed by atoms with Crippen molar-refractivity contribution in [1.82, 2.24) is 9.21 Å². The predicted octanol–water partition coefficient (Wildman–Crippen LogP) is 2.14. The minimum atomic E-state index is -3.99. The van der Waals surface area contributed by atoms with Gasteiger partial charge in [-0.1, -0.05) is 35.9 Å². The van der Waals surface area contributed by atoms with Crippen molar-refractivity contribution in [3.05, 3.63) is 64.7 Å². The second-order valence-electron chi connectivity index (χ2n) is 5.69. The molecule has 0 spiro atoms. The zero-order chi connectivity index (χ0) is 18.2. The Morgan fingerprint density at radius 1 is 1.16 bits per heavy atom. The van der Waals surface area contributed by atoms with Gasteiger partial charge in [0, 0.05) is 18.6 Å². The zero-order valence-corrected chi connectivity index (χ0v) is 14.9. The molecule has 8 heteroatoms. The summed E-state index contributed by atoms with van der Waals surface area (Å²) in [5.41, 5.74) is 0.898. The highest BCUT2D eigenvalue weighted by Crippen LogP contribution is 2.29. The molecular weight excluding hydrogens is 364 g/mol. The normalized spacial score (nSPS) is 15.1. The van der Waals surface area contributed by atoms with Gasteiger partial charge in [0.15, 0.2) is 0 Å². The molecular formula is C17H15ClN2O4S. The Morgan fingerprint density at radius 3 is 2.56 bits per heavy atom. The Balaban J connectivity index is 1.76. The number of sulfonamides is 1. The van der Waals surface area contributed by atoms with E-state index in [1.165, 1.54) is 17.0 Å². The van der Waals surface area contributed by atoms with Crippen molar-refractivity contribution in [2.75, 3.05) is 13.6 Å². The Kier molecular flexibility index (Phi) is 4.53. The van der Waals surface area contributed by atoms with Crippen LogP contribution in [0, 0.1) is 0 Å². The topological polar surface area (TPSA) is 74.8 Å². The molecule has 0 aromatic heterocycles. The lowest BCUT2D eigenvalue weighted by atomic mass is 10.2. The second kappa shape index (κ2) is 6.50. The summed E-state index contributed by atoms with van der Waals surface area (Å²) in [6.45, 7) is -0.276. The summed E-state index contributed by atoms with van der Waals surface area (Å²) in [6.07, 6.45) is 0. The molecule has 0 unspecified atom stereocenters. The van der Waals surface area contributed by atoms with Crippen LogP contribution in [-0.4, -0.2) is 43.0 Å². The van der Waals surface area contributed by atoms with Gasteiger partial charge in [-0.3, -0.25) is 9.59 Å². The van der Waals surface area contributed by atoms with Gasteiger partial charge in [-0.25, -0.2) is 12.7 Å². The summed E-state index contributed by atoms with van der Waals surface area (Å²) >= 11 is 5.92. The highest BCUT2D eigenvalue weighted by molar-refractivity contribution is 7.90. The SMILES string of the molecule is CN(Cc1cccc(Cl)c1)C(=O)CN1C(=O)c2ccccc2S1(=O)=O. The summed E-state index contributed by atoms with van der Waals surface area (Å²) in [7, 11) is -2.44. The van der Waals surface area contributed by atoms with E-state index in [0.717, 1.165) is 5.56 Å². The third-order valence-electron chi connectivity index (χ3n) is 3.93. The lowest BCUT2D eigenvalue weighted by Crippen LogP contribution is -2.40. The van der Waals surface area contributed by atoms with Crippen molar-refractivity contribution in [2.45, 2.75) is 11.4 Å². The molecule has 0 aliphatic carbocycles. The molecule has 25 heavy (non-hydrogen) atoms. The number of nitrogens with zero attached hydrogens (tertiary/aromatic N) is 2. The Bertz CT molecular complexity index is 959. The van der Waals surface area contributed by atoms with Crippen LogP contribution in [0.1, 0.15) is 15.9 Å². The van der Waals surface area contributed by atoms with Gasteiger partial charge in [0.05, 0.1) is 5.56 Å². The van der Waals surface area contributed by atoms with Crippen LogP contribution in [0.25, 0.3) is 0 Å².